The molecule has 2 spiro atoms. The zero-order valence-electron chi connectivity index (χ0n) is 39.3. The van der Waals surface area contributed by atoms with Crippen LogP contribution in [0.15, 0.2) is 106 Å². The Bertz CT molecular complexity index is 3220. The first kappa shape index (κ1) is 46.5. The highest BCUT2D eigenvalue weighted by Crippen LogP contribution is 2.63. The van der Waals surface area contributed by atoms with Crippen LogP contribution in [0.4, 0.5) is 9.59 Å². The van der Waals surface area contributed by atoms with Crippen molar-refractivity contribution in [3.8, 4) is 33.0 Å². The average molecular weight is 993 g/mol. The van der Waals surface area contributed by atoms with E-state index in [4.69, 9.17) is 19.4 Å². The number of hydrogen-bond donors (Lipinski definition) is 0. The quantitative estimate of drug-likeness (QED) is 0.115. The molecular formula is C56H44N6O8S2. The molecule has 14 nitrogen and oxygen atoms in total. The molecule has 0 unspecified atom stereocenters. The number of thiazole rings is 2. The van der Waals surface area contributed by atoms with Crippen LogP contribution in [0.3, 0.4) is 0 Å². The maximum atomic E-state index is 14.1. The standard InChI is InChI=1S/C56H44N6O8S2/c1-31-35(49(63)61(51(65)39(31)27-57)53(67)69-29-33-15-7-3-8-16-33)25-43-59-47-45(71-43)37-23-42-38(24-41(37)55(47)19-11-5-12-20-55)46-48(56(42)21-13-6-14-22-56)60-44(72-46)26-36-32(2)40(28-58)52(66)62(50(36)64)54(68)70-30-34-17-9-4-10-18-34/h3-4,7-10,15-18,23-26H,5-6,11-14,19-22,29-30H2,1-2H3/b35-25-,36-26+. The minimum atomic E-state index is -1.17. The van der Waals surface area contributed by atoms with Gasteiger partial charge in [0, 0.05) is 22.0 Å². The van der Waals surface area contributed by atoms with Crippen molar-refractivity contribution >= 4 is 70.6 Å². The third-order valence-corrected chi connectivity index (χ3v) is 17.2. The predicted molar refractivity (Wildman–Crippen MR) is 266 cm³/mol. The molecule has 0 atom stereocenters. The normalized spacial score (nSPS) is 19.7. The highest BCUT2D eigenvalue weighted by atomic mass is 32.1. The number of carbonyl (C=O) groups is 6. The number of fused-ring (bicyclic) bond motifs is 10. The van der Waals surface area contributed by atoms with E-state index in [0.29, 0.717) is 30.9 Å². The van der Waals surface area contributed by atoms with Gasteiger partial charge in [-0.25, -0.2) is 19.6 Å². The third kappa shape index (κ3) is 7.30. The minimum Gasteiger partial charge on any atom is -0.444 e. The number of nitrogens with zero attached hydrogens (tertiary/aromatic N) is 6. The molecule has 6 aliphatic rings. The maximum Gasteiger partial charge on any atom is 0.424 e. The smallest absolute Gasteiger partial charge is 0.424 e. The van der Waals surface area contributed by atoms with Crippen molar-refractivity contribution in [1.82, 2.24) is 19.8 Å². The second-order valence-electron chi connectivity index (χ2n) is 19.0. The van der Waals surface area contributed by atoms with Gasteiger partial charge >= 0.3 is 12.2 Å². The summed E-state index contributed by atoms with van der Waals surface area (Å²) < 4.78 is 10.8. The van der Waals surface area contributed by atoms with Crippen molar-refractivity contribution in [2.75, 3.05) is 0 Å². The summed E-state index contributed by atoms with van der Waals surface area (Å²) in [5.74, 6) is -3.85. The molecule has 16 heteroatoms. The number of benzene rings is 3. The van der Waals surface area contributed by atoms with Crippen molar-refractivity contribution in [1.29, 1.82) is 10.5 Å². The first-order chi connectivity index (χ1) is 34.9. The predicted octanol–water partition coefficient (Wildman–Crippen LogP) is 10.9. The van der Waals surface area contributed by atoms with Crippen LogP contribution in [0.5, 0.6) is 0 Å². The Morgan fingerprint density at radius 3 is 1.33 bits per heavy atom. The fourth-order valence-corrected chi connectivity index (χ4v) is 13.7. The highest BCUT2D eigenvalue weighted by Gasteiger charge is 2.52. The number of ether oxygens (including phenoxy) is 2. The molecule has 4 heterocycles. The Kier molecular flexibility index (Phi) is 11.6. The Morgan fingerprint density at radius 1 is 0.597 bits per heavy atom. The van der Waals surface area contributed by atoms with Gasteiger partial charge in [-0.15, -0.1) is 22.7 Å². The minimum absolute atomic E-state index is 0.0105. The summed E-state index contributed by atoms with van der Waals surface area (Å²) in [4.78, 5) is 95.3. The number of aromatic nitrogens is 2. The van der Waals surface area contributed by atoms with Crippen molar-refractivity contribution in [2.45, 2.75) is 102 Å². The van der Waals surface area contributed by atoms with E-state index < -0.39 is 46.6 Å². The van der Waals surface area contributed by atoms with Crippen molar-refractivity contribution < 1.29 is 38.2 Å². The lowest BCUT2D eigenvalue weighted by Crippen LogP contribution is -2.46. The Hall–Kier alpha value is -7.92. The van der Waals surface area contributed by atoms with Crippen LogP contribution >= 0.6 is 22.7 Å². The second kappa shape index (κ2) is 18.0. The van der Waals surface area contributed by atoms with E-state index in [1.54, 1.807) is 60.7 Å². The van der Waals surface area contributed by atoms with Crippen molar-refractivity contribution in [3.63, 3.8) is 0 Å². The van der Waals surface area contributed by atoms with E-state index in [0.717, 1.165) is 96.5 Å². The molecule has 72 heavy (non-hydrogen) atoms. The van der Waals surface area contributed by atoms with Gasteiger partial charge in [0.2, 0.25) is 0 Å². The fraction of sp³-hybridized carbons (Fsp3) is 0.286. The van der Waals surface area contributed by atoms with E-state index in [9.17, 15) is 39.3 Å². The van der Waals surface area contributed by atoms with Crippen LogP contribution in [-0.4, -0.2) is 55.6 Å². The van der Waals surface area contributed by atoms with Gasteiger partial charge in [0.25, 0.3) is 23.6 Å². The van der Waals surface area contributed by atoms with Crippen LogP contribution in [0.2, 0.25) is 0 Å². The molecule has 0 bridgehead atoms. The van der Waals surface area contributed by atoms with E-state index in [2.05, 4.69) is 12.1 Å². The monoisotopic (exact) mass is 992 g/mol. The maximum absolute atomic E-state index is 14.1. The lowest BCUT2D eigenvalue weighted by Gasteiger charge is -2.36. The van der Waals surface area contributed by atoms with Gasteiger partial charge < -0.3 is 9.47 Å². The number of hydrogen-bond acceptors (Lipinski definition) is 14. The second-order valence-corrected chi connectivity index (χ2v) is 21.1. The Balaban J connectivity index is 0.970. The number of amides is 6. The van der Waals surface area contributed by atoms with E-state index in [1.807, 2.05) is 24.3 Å². The molecule has 3 aromatic carbocycles. The molecule has 0 N–H and O–H groups in total. The van der Waals surface area contributed by atoms with Crippen LogP contribution < -0.4 is 0 Å². The van der Waals surface area contributed by atoms with Crippen LogP contribution in [0.1, 0.15) is 122 Å². The summed E-state index contributed by atoms with van der Waals surface area (Å²) in [6.45, 7) is 2.72. The van der Waals surface area contributed by atoms with Gasteiger partial charge in [-0.1, -0.05) is 99.2 Å². The molecule has 4 aliphatic carbocycles. The zero-order valence-corrected chi connectivity index (χ0v) is 41.0. The van der Waals surface area contributed by atoms with Gasteiger partial charge in [-0.2, -0.15) is 20.3 Å². The zero-order chi connectivity index (χ0) is 50.1. The molecular weight excluding hydrogens is 949 g/mol. The molecule has 0 saturated heterocycles. The summed E-state index contributed by atoms with van der Waals surface area (Å²) >= 11 is 2.89. The van der Waals surface area contributed by atoms with E-state index >= 15 is 0 Å². The molecule has 2 saturated carbocycles. The van der Waals surface area contributed by atoms with Gasteiger partial charge in [0.05, 0.1) is 21.1 Å². The van der Waals surface area contributed by atoms with Gasteiger partial charge in [0.1, 0.15) is 46.5 Å². The summed E-state index contributed by atoms with van der Waals surface area (Å²) in [6.07, 6.45) is 10.3. The first-order valence-electron chi connectivity index (χ1n) is 24.0. The molecule has 2 aliphatic heterocycles. The van der Waals surface area contributed by atoms with Gasteiger partial charge in [0.15, 0.2) is 0 Å². The largest absolute Gasteiger partial charge is 0.444 e. The lowest BCUT2D eigenvalue weighted by molar-refractivity contribution is -0.140. The van der Waals surface area contributed by atoms with Crippen molar-refractivity contribution in [3.05, 3.63) is 150 Å². The Morgan fingerprint density at radius 2 is 0.972 bits per heavy atom. The van der Waals surface area contributed by atoms with Crippen LogP contribution in [0.25, 0.3) is 33.0 Å². The molecule has 6 amide bonds. The highest BCUT2D eigenvalue weighted by molar-refractivity contribution is 7.16. The summed E-state index contributed by atoms with van der Waals surface area (Å²) in [6, 6.07) is 26.2. The van der Waals surface area contributed by atoms with Crippen molar-refractivity contribution in [2.24, 2.45) is 0 Å². The summed E-state index contributed by atoms with van der Waals surface area (Å²) in [5, 5.41) is 21.2. The van der Waals surface area contributed by atoms with Crippen LogP contribution in [0, 0.1) is 22.7 Å². The van der Waals surface area contributed by atoms with Crippen LogP contribution in [-0.2, 0) is 52.7 Å². The number of nitriles is 2. The third-order valence-electron chi connectivity index (χ3n) is 15.1. The molecule has 0 radical (unpaired) electrons. The number of rotatable bonds is 6. The average Bonchev–Trinajstić information content (AvgIpc) is 4.13. The first-order valence-corrected chi connectivity index (χ1v) is 25.6. The summed E-state index contributed by atoms with van der Waals surface area (Å²) in [7, 11) is 0. The lowest BCUT2D eigenvalue weighted by atomic mass is 9.67. The van der Waals surface area contributed by atoms with E-state index in [1.165, 1.54) is 47.6 Å². The summed E-state index contributed by atoms with van der Waals surface area (Å²) in [5.41, 5.74) is 6.53. The van der Waals surface area contributed by atoms with Gasteiger partial charge in [-0.05, 0) is 108 Å². The van der Waals surface area contributed by atoms with E-state index in [-0.39, 0.29) is 46.7 Å². The molecule has 2 aromatic heterocycles. The molecule has 2 fully saturated rings. The molecule has 358 valence electrons. The van der Waals surface area contributed by atoms with Gasteiger partial charge in [-0.3, -0.25) is 19.2 Å². The number of imide groups is 6. The Labute approximate surface area is 422 Å². The number of carbonyl (C=O) groups excluding carboxylic acids is 6. The fourth-order valence-electron chi connectivity index (χ4n) is 11.5. The SMILES string of the molecule is CC1=C(C#N)C(=O)N(C(=O)OCc2ccccc2)C(=O)/C1=C\c1nc2c(s1)-c1cc3c(cc1C21CCCCC1)-c1sc(/C=C2/C(=O)N(C(=O)OCc4ccccc4)C(=O)C(C#N)=C2C)nc1C31CCCCC1. The molecule has 5 aromatic rings. The molecule has 11 rings (SSSR count). The topological polar surface area (TPSA) is 201 Å².